The van der Waals surface area contributed by atoms with Gasteiger partial charge in [-0.05, 0) is 36.8 Å². The van der Waals surface area contributed by atoms with E-state index in [0.717, 1.165) is 17.7 Å². The lowest BCUT2D eigenvalue weighted by Gasteiger charge is -2.18. The summed E-state index contributed by atoms with van der Waals surface area (Å²) in [5.74, 6) is -1.72. The second kappa shape index (κ2) is 9.12. The monoisotopic (exact) mass is 397 g/mol. The van der Waals surface area contributed by atoms with Crippen molar-refractivity contribution in [1.29, 1.82) is 0 Å². The number of carboxylic acid groups (broad SMARTS) is 1. The minimum absolute atomic E-state index is 0.320. The summed E-state index contributed by atoms with van der Waals surface area (Å²) in [6.45, 7) is 1.56. The van der Waals surface area contributed by atoms with Gasteiger partial charge in [-0.2, -0.15) is 0 Å². The van der Waals surface area contributed by atoms with E-state index in [1.54, 1.807) is 12.1 Å². The van der Waals surface area contributed by atoms with Crippen LogP contribution >= 0.6 is 0 Å². The number of hydrogen-bond acceptors (Lipinski definition) is 4. The molecule has 0 aliphatic heterocycles. The maximum absolute atomic E-state index is 12.2. The zero-order chi connectivity index (χ0) is 20.7. The Kier molecular flexibility index (Phi) is 6.86. The van der Waals surface area contributed by atoms with Crippen LogP contribution in [0.1, 0.15) is 23.6 Å². The van der Waals surface area contributed by atoms with Gasteiger partial charge in [0.1, 0.15) is 11.5 Å². The van der Waals surface area contributed by atoms with Gasteiger partial charge in [0.2, 0.25) is 0 Å². The van der Waals surface area contributed by atoms with Gasteiger partial charge in [-0.25, -0.2) is 0 Å². The third-order valence-electron chi connectivity index (χ3n) is 3.62. The number of carbonyl (C=O) groups is 2. The summed E-state index contributed by atoms with van der Waals surface area (Å²) in [4.78, 5) is 23.2. The molecule has 2 rings (SSSR count). The lowest BCUT2D eigenvalue weighted by molar-refractivity contribution is -0.274. The number of halogens is 3. The third-order valence-corrected chi connectivity index (χ3v) is 3.62. The Labute approximate surface area is 158 Å². The fourth-order valence-corrected chi connectivity index (χ4v) is 2.35. The van der Waals surface area contributed by atoms with Gasteiger partial charge >= 0.3 is 12.3 Å². The van der Waals surface area contributed by atoms with Gasteiger partial charge in [-0.15, -0.1) is 13.2 Å². The lowest BCUT2D eigenvalue weighted by Crippen LogP contribution is -2.33. The maximum Gasteiger partial charge on any atom is 0.573 e. The highest BCUT2D eigenvalue weighted by molar-refractivity contribution is 5.79. The SMILES string of the molecule is Cc1ccc(OCC(=O)NC(CC(=O)O)c2ccc(OC(F)(F)F)cc2)cc1. The second-order valence-electron chi connectivity index (χ2n) is 5.94. The minimum Gasteiger partial charge on any atom is -0.484 e. The first-order valence-electron chi connectivity index (χ1n) is 8.19. The second-order valence-corrected chi connectivity index (χ2v) is 5.94. The Morgan fingerprint density at radius 1 is 1.04 bits per heavy atom. The predicted molar refractivity (Wildman–Crippen MR) is 92.9 cm³/mol. The highest BCUT2D eigenvalue weighted by atomic mass is 19.4. The van der Waals surface area contributed by atoms with Crippen molar-refractivity contribution in [3.05, 3.63) is 59.7 Å². The van der Waals surface area contributed by atoms with Crippen LogP contribution in [0.5, 0.6) is 11.5 Å². The molecule has 0 aliphatic rings. The number of amides is 1. The van der Waals surface area contributed by atoms with Crippen LogP contribution in [-0.4, -0.2) is 30.0 Å². The van der Waals surface area contributed by atoms with Gasteiger partial charge < -0.3 is 19.9 Å². The zero-order valence-electron chi connectivity index (χ0n) is 14.8. The van der Waals surface area contributed by atoms with Crippen LogP contribution in [0.2, 0.25) is 0 Å². The van der Waals surface area contributed by atoms with Crippen molar-refractivity contribution in [2.75, 3.05) is 6.61 Å². The van der Waals surface area contributed by atoms with Crippen LogP contribution in [0.15, 0.2) is 48.5 Å². The summed E-state index contributed by atoms with van der Waals surface area (Å²) in [6, 6.07) is 10.7. The number of carbonyl (C=O) groups excluding carboxylic acids is 1. The summed E-state index contributed by atoms with van der Waals surface area (Å²) in [6.07, 6.45) is -5.28. The number of carboxylic acids is 1. The number of aliphatic carboxylic acids is 1. The average Bonchev–Trinajstić information content (AvgIpc) is 2.59. The van der Waals surface area contributed by atoms with Crippen molar-refractivity contribution in [3.8, 4) is 11.5 Å². The molecule has 0 fully saturated rings. The molecule has 0 saturated heterocycles. The molecule has 28 heavy (non-hydrogen) atoms. The standard InChI is InChI=1S/C19H18F3NO5/c1-12-2-6-14(7-3-12)27-11-17(24)23-16(10-18(25)26)13-4-8-15(9-5-13)28-19(20,21)22/h2-9,16H,10-11H2,1H3,(H,23,24)(H,25,26). The van der Waals surface area contributed by atoms with Gasteiger partial charge in [0, 0.05) is 0 Å². The summed E-state index contributed by atoms with van der Waals surface area (Å²) in [5, 5.41) is 11.5. The van der Waals surface area contributed by atoms with Crippen LogP contribution in [0, 0.1) is 6.92 Å². The van der Waals surface area contributed by atoms with Crippen LogP contribution in [0.4, 0.5) is 13.2 Å². The number of hydrogen-bond donors (Lipinski definition) is 2. The molecule has 1 unspecified atom stereocenters. The molecule has 0 spiro atoms. The Hall–Kier alpha value is -3.23. The molecule has 2 aromatic rings. The molecule has 0 bridgehead atoms. The molecule has 2 N–H and O–H groups in total. The first kappa shape index (κ1) is 21.1. The van der Waals surface area contributed by atoms with Gasteiger partial charge in [0.05, 0.1) is 12.5 Å². The molecule has 0 saturated carbocycles. The Morgan fingerprint density at radius 3 is 2.14 bits per heavy atom. The van der Waals surface area contributed by atoms with Crippen molar-refractivity contribution in [1.82, 2.24) is 5.32 Å². The molecule has 0 aromatic heterocycles. The van der Waals surface area contributed by atoms with Crippen molar-refractivity contribution < 1.29 is 37.3 Å². The van der Waals surface area contributed by atoms with E-state index in [9.17, 15) is 22.8 Å². The molecule has 0 aliphatic carbocycles. The molecule has 150 valence electrons. The van der Waals surface area contributed by atoms with Crippen LogP contribution in [-0.2, 0) is 9.59 Å². The summed E-state index contributed by atoms with van der Waals surface area (Å²) >= 11 is 0. The molecular weight excluding hydrogens is 379 g/mol. The molecule has 9 heteroatoms. The van der Waals surface area contributed by atoms with Crippen molar-refractivity contribution in [2.45, 2.75) is 25.7 Å². The fourth-order valence-electron chi connectivity index (χ4n) is 2.35. The van der Waals surface area contributed by atoms with E-state index in [2.05, 4.69) is 10.1 Å². The molecule has 0 radical (unpaired) electrons. The smallest absolute Gasteiger partial charge is 0.484 e. The number of benzene rings is 2. The first-order chi connectivity index (χ1) is 13.1. The molecule has 0 heterocycles. The van der Waals surface area contributed by atoms with Crippen molar-refractivity contribution >= 4 is 11.9 Å². The van der Waals surface area contributed by atoms with Crippen molar-refractivity contribution in [2.24, 2.45) is 0 Å². The van der Waals surface area contributed by atoms with Gasteiger partial charge in [0.15, 0.2) is 6.61 Å². The van der Waals surface area contributed by atoms with E-state index in [1.165, 1.54) is 12.1 Å². The lowest BCUT2D eigenvalue weighted by atomic mass is 10.0. The van der Waals surface area contributed by atoms with E-state index < -0.39 is 36.5 Å². The highest BCUT2D eigenvalue weighted by Crippen LogP contribution is 2.25. The molecule has 1 amide bonds. The largest absolute Gasteiger partial charge is 0.573 e. The molecular formula is C19H18F3NO5. The van der Waals surface area contributed by atoms with Gasteiger partial charge in [0.25, 0.3) is 5.91 Å². The molecule has 1 atom stereocenters. The number of nitrogens with one attached hydrogen (secondary N) is 1. The van der Waals surface area contributed by atoms with E-state index >= 15 is 0 Å². The summed E-state index contributed by atoms with van der Waals surface area (Å²) < 4.78 is 45.8. The van der Waals surface area contributed by atoms with E-state index in [1.807, 2.05) is 19.1 Å². The fraction of sp³-hybridized carbons (Fsp3) is 0.263. The molecule has 2 aromatic carbocycles. The summed E-state index contributed by atoms with van der Waals surface area (Å²) in [5.41, 5.74) is 1.34. The predicted octanol–water partition coefficient (Wildman–Crippen LogP) is 3.60. The van der Waals surface area contributed by atoms with Crippen LogP contribution in [0.3, 0.4) is 0 Å². The minimum atomic E-state index is -4.83. The Bertz CT molecular complexity index is 804. The maximum atomic E-state index is 12.2. The number of aryl methyl sites for hydroxylation is 1. The number of ether oxygens (including phenoxy) is 2. The third kappa shape index (κ3) is 7.18. The van der Waals surface area contributed by atoms with E-state index in [-0.39, 0.29) is 6.61 Å². The first-order valence-corrected chi connectivity index (χ1v) is 8.19. The van der Waals surface area contributed by atoms with E-state index in [0.29, 0.717) is 11.3 Å². The van der Waals surface area contributed by atoms with Gasteiger partial charge in [-0.1, -0.05) is 29.8 Å². The van der Waals surface area contributed by atoms with Crippen LogP contribution < -0.4 is 14.8 Å². The molecule has 6 nitrogen and oxygen atoms in total. The van der Waals surface area contributed by atoms with E-state index in [4.69, 9.17) is 9.84 Å². The van der Waals surface area contributed by atoms with Crippen LogP contribution in [0.25, 0.3) is 0 Å². The van der Waals surface area contributed by atoms with Crippen molar-refractivity contribution in [3.63, 3.8) is 0 Å². The highest BCUT2D eigenvalue weighted by Gasteiger charge is 2.31. The summed E-state index contributed by atoms with van der Waals surface area (Å²) in [7, 11) is 0. The Balaban J connectivity index is 2.01. The van der Waals surface area contributed by atoms with Gasteiger partial charge in [-0.3, -0.25) is 9.59 Å². The number of alkyl halides is 3. The topological polar surface area (TPSA) is 84.9 Å². The average molecular weight is 397 g/mol. The normalized spacial score (nSPS) is 12.1. The number of rotatable bonds is 8. The zero-order valence-corrected chi connectivity index (χ0v) is 14.8. The quantitative estimate of drug-likeness (QED) is 0.711. The Morgan fingerprint density at radius 2 is 1.61 bits per heavy atom.